The molecule has 1 spiro atoms. The molecule has 1 aromatic rings. The fourth-order valence-electron chi connectivity index (χ4n) is 4.10. The summed E-state index contributed by atoms with van der Waals surface area (Å²) in [5.41, 5.74) is 0.778. The van der Waals surface area contributed by atoms with Crippen molar-refractivity contribution in [2.75, 3.05) is 37.6 Å². The zero-order valence-electron chi connectivity index (χ0n) is 15.3. The lowest BCUT2D eigenvalue weighted by Crippen LogP contribution is -2.54. The van der Waals surface area contributed by atoms with Gasteiger partial charge >= 0.3 is 0 Å². The van der Waals surface area contributed by atoms with Crippen LogP contribution in [0.5, 0.6) is 0 Å². The van der Waals surface area contributed by atoms with Gasteiger partial charge in [-0.2, -0.15) is 0 Å². The number of piperidine rings is 2. The lowest BCUT2D eigenvalue weighted by Gasteiger charge is -2.48. The fraction of sp³-hybridized carbons (Fsp3) is 0.632. The minimum Gasteiger partial charge on any atom is -0.356 e. The maximum Gasteiger partial charge on any atom is 0.252 e. The van der Waals surface area contributed by atoms with E-state index in [-0.39, 0.29) is 17.2 Å². The van der Waals surface area contributed by atoms with Gasteiger partial charge in [-0.1, -0.05) is 0 Å². The van der Waals surface area contributed by atoms with Crippen LogP contribution >= 0.6 is 0 Å². The van der Waals surface area contributed by atoms with Crippen LogP contribution < -0.4 is 10.2 Å². The van der Waals surface area contributed by atoms with E-state index in [1.165, 1.54) is 6.42 Å². The third-order valence-corrected chi connectivity index (χ3v) is 5.46. The largest absolute Gasteiger partial charge is 0.356 e. The van der Waals surface area contributed by atoms with Gasteiger partial charge in [-0.15, -0.1) is 0 Å². The summed E-state index contributed by atoms with van der Waals surface area (Å²) in [6.07, 6.45) is 5.57. The zero-order chi connectivity index (χ0) is 17.9. The molecule has 3 heterocycles. The van der Waals surface area contributed by atoms with Crippen LogP contribution in [0.25, 0.3) is 0 Å². The number of likely N-dealkylation sites (tertiary alicyclic amines) is 1. The van der Waals surface area contributed by atoms with Crippen LogP contribution in [0.15, 0.2) is 18.3 Å². The molecule has 2 aliphatic heterocycles. The van der Waals surface area contributed by atoms with Crippen molar-refractivity contribution < 1.29 is 9.59 Å². The standard InChI is InChI=1S/C19H28N4O2/c1-3-20-18(25)15-6-7-16(21-12-15)23-11-5-9-19(14-23)10-8-17(24)22(4-2)13-19/h6-7,12H,3-5,8-11,13-14H2,1-2H3,(H,20,25). The van der Waals surface area contributed by atoms with Gasteiger partial charge in [0.1, 0.15) is 5.82 Å². The molecular formula is C19H28N4O2. The first kappa shape index (κ1) is 17.7. The van der Waals surface area contributed by atoms with Gasteiger partial charge < -0.3 is 15.1 Å². The first-order valence-corrected chi connectivity index (χ1v) is 9.34. The maximum atomic E-state index is 12.0. The van der Waals surface area contributed by atoms with Gasteiger partial charge in [-0.3, -0.25) is 9.59 Å². The summed E-state index contributed by atoms with van der Waals surface area (Å²) >= 11 is 0. The second kappa shape index (κ2) is 7.42. The second-order valence-corrected chi connectivity index (χ2v) is 7.20. The minimum atomic E-state index is -0.0824. The Morgan fingerprint density at radius 2 is 2.12 bits per heavy atom. The number of nitrogens with zero attached hydrogens (tertiary/aromatic N) is 3. The molecule has 2 fully saturated rings. The number of nitrogens with one attached hydrogen (secondary N) is 1. The van der Waals surface area contributed by atoms with Crippen molar-refractivity contribution in [3.05, 3.63) is 23.9 Å². The van der Waals surface area contributed by atoms with E-state index >= 15 is 0 Å². The van der Waals surface area contributed by atoms with Crippen molar-refractivity contribution in [2.24, 2.45) is 5.41 Å². The molecular weight excluding hydrogens is 316 g/mol. The number of carbonyl (C=O) groups is 2. The number of carbonyl (C=O) groups excluding carboxylic acids is 2. The smallest absolute Gasteiger partial charge is 0.252 e. The molecule has 0 saturated carbocycles. The van der Waals surface area contributed by atoms with Crippen molar-refractivity contribution in [1.29, 1.82) is 0 Å². The highest BCUT2D eigenvalue weighted by Crippen LogP contribution is 2.39. The monoisotopic (exact) mass is 344 g/mol. The quantitative estimate of drug-likeness (QED) is 0.908. The van der Waals surface area contributed by atoms with E-state index in [0.29, 0.717) is 18.5 Å². The molecule has 6 heteroatoms. The van der Waals surface area contributed by atoms with E-state index in [2.05, 4.69) is 22.1 Å². The number of hydrogen-bond acceptors (Lipinski definition) is 4. The molecule has 136 valence electrons. The Bertz CT molecular complexity index is 631. The van der Waals surface area contributed by atoms with E-state index in [0.717, 1.165) is 44.8 Å². The van der Waals surface area contributed by atoms with E-state index in [4.69, 9.17) is 0 Å². The molecule has 3 rings (SSSR count). The molecule has 0 bridgehead atoms. The molecule has 25 heavy (non-hydrogen) atoms. The topological polar surface area (TPSA) is 65.5 Å². The van der Waals surface area contributed by atoms with Gasteiger partial charge in [-0.05, 0) is 45.2 Å². The van der Waals surface area contributed by atoms with Crippen LogP contribution in [0, 0.1) is 5.41 Å². The molecule has 0 aliphatic carbocycles. The lowest BCUT2D eigenvalue weighted by atomic mass is 9.73. The summed E-state index contributed by atoms with van der Waals surface area (Å²) in [6, 6.07) is 3.78. The van der Waals surface area contributed by atoms with Crippen LogP contribution in [0.1, 0.15) is 49.9 Å². The molecule has 0 radical (unpaired) electrons. The molecule has 0 aromatic carbocycles. The first-order valence-electron chi connectivity index (χ1n) is 9.34. The normalized spacial score (nSPS) is 23.8. The molecule has 6 nitrogen and oxygen atoms in total. The molecule has 1 unspecified atom stereocenters. The second-order valence-electron chi connectivity index (χ2n) is 7.20. The van der Waals surface area contributed by atoms with Gasteiger partial charge in [0.2, 0.25) is 5.91 Å². The lowest BCUT2D eigenvalue weighted by molar-refractivity contribution is -0.137. The Morgan fingerprint density at radius 3 is 2.80 bits per heavy atom. The maximum absolute atomic E-state index is 12.0. The Balaban J connectivity index is 1.71. The summed E-state index contributed by atoms with van der Waals surface area (Å²) in [5.74, 6) is 1.13. The highest BCUT2D eigenvalue weighted by molar-refractivity contribution is 5.94. The van der Waals surface area contributed by atoms with Gasteiger partial charge in [-0.25, -0.2) is 4.98 Å². The number of hydrogen-bond donors (Lipinski definition) is 1. The third-order valence-electron chi connectivity index (χ3n) is 5.46. The molecule has 2 amide bonds. The van der Waals surface area contributed by atoms with E-state index in [1.54, 1.807) is 6.20 Å². The molecule has 1 aromatic heterocycles. The summed E-state index contributed by atoms with van der Waals surface area (Å²) in [4.78, 5) is 32.7. The van der Waals surface area contributed by atoms with E-state index in [9.17, 15) is 9.59 Å². The average Bonchev–Trinajstić information content (AvgIpc) is 2.64. The van der Waals surface area contributed by atoms with Gasteiger partial charge in [0.25, 0.3) is 5.91 Å². The highest BCUT2D eigenvalue weighted by atomic mass is 16.2. The van der Waals surface area contributed by atoms with Crippen molar-refractivity contribution in [1.82, 2.24) is 15.2 Å². The zero-order valence-corrected chi connectivity index (χ0v) is 15.3. The predicted molar refractivity (Wildman–Crippen MR) is 97.6 cm³/mol. The predicted octanol–water partition coefficient (Wildman–Crippen LogP) is 2.06. The fourth-order valence-corrected chi connectivity index (χ4v) is 4.10. The summed E-state index contributed by atoms with van der Waals surface area (Å²) in [7, 11) is 0. The number of aromatic nitrogens is 1. The van der Waals surface area contributed by atoms with Crippen molar-refractivity contribution in [2.45, 2.75) is 39.5 Å². The van der Waals surface area contributed by atoms with Gasteiger partial charge in [0.05, 0.1) is 5.56 Å². The summed E-state index contributed by atoms with van der Waals surface area (Å²) in [6.45, 7) is 8.14. The van der Waals surface area contributed by atoms with Crippen molar-refractivity contribution >= 4 is 17.6 Å². The highest BCUT2D eigenvalue weighted by Gasteiger charge is 2.41. The number of anilines is 1. The number of rotatable bonds is 4. The van der Waals surface area contributed by atoms with Crippen molar-refractivity contribution in [3.63, 3.8) is 0 Å². The SMILES string of the molecule is CCNC(=O)c1ccc(N2CCCC3(CCC(=O)N(CC)C3)C2)nc1. The molecule has 1 N–H and O–H groups in total. The average molecular weight is 344 g/mol. The van der Waals surface area contributed by atoms with Crippen LogP contribution in [0.3, 0.4) is 0 Å². The van der Waals surface area contributed by atoms with Crippen LogP contribution in [0.2, 0.25) is 0 Å². The molecule has 1 atom stereocenters. The van der Waals surface area contributed by atoms with Gasteiger partial charge in [0, 0.05) is 50.8 Å². The van der Waals surface area contributed by atoms with Crippen LogP contribution in [0.4, 0.5) is 5.82 Å². The van der Waals surface area contributed by atoms with E-state index < -0.39 is 0 Å². The van der Waals surface area contributed by atoms with E-state index in [1.807, 2.05) is 24.0 Å². The number of amides is 2. The summed E-state index contributed by atoms with van der Waals surface area (Å²) < 4.78 is 0. The first-order chi connectivity index (χ1) is 12.1. The Kier molecular flexibility index (Phi) is 5.25. The third kappa shape index (κ3) is 3.78. The molecule has 2 saturated heterocycles. The van der Waals surface area contributed by atoms with Gasteiger partial charge in [0.15, 0.2) is 0 Å². The van der Waals surface area contributed by atoms with Crippen molar-refractivity contribution in [3.8, 4) is 0 Å². The van der Waals surface area contributed by atoms with Crippen LogP contribution in [-0.4, -0.2) is 54.4 Å². The Labute approximate surface area is 149 Å². The molecule has 2 aliphatic rings. The summed E-state index contributed by atoms with van der Waals surface area (Å²) in [5, 5.41) is 2.79. The Hall–Kier alpha value is -2.11. The Morgan fingerprint density at radius 1 is 1.28 bits per heavy atom. The minimum absolute atomic E-state index is 0.0824. The van der Waals surface area contributed by atoms with Crippen LogP contribution in [-0.2, 0) is 4.79 Å². The number of pyridine rings is 1.